The Morgan fingerprint density at radius 2 is 2.00 bits per heavy atom. The lowest BCUT2D eigenvalue weighted by Gasteiger charge is -2.56. The van der Waals surface area contributed by atoms with Crippen molar-refractivity contribution in [3.8, 4) is 5.75 Å². The number of ether oxygens (including phenoxy) is 2. The Bertz CT molecular complexity index is 1180. The molecule has 2 atom stereocenters. The second kappa shape index (κ2) is 8.21. The molecule has 3 aliphatic rings. The van der Waals surface area contributed by atoms with Crippen molar-refractivity contribution in [3.05, 3.63) is 64.8 Å². The summed E-state index contributed by atoms with van der Waals surface area (Å²) in [7, 11) is 0. The Morgan fingerprint density at radius 1 is 1.15 bits per heavy atom. The maximum absolute atomic E-state index is 13.2. The minimum absolute atomic E-state index is 0.154. The van der Waals surface area contributed by atoms with Gasteiger partial charge in [-0.1, -0.05) is 30.3 Å². The zero-order chi connectivity index (χ0) is 22.4. The number of nitrogens with one attached hydrogen (secondary N) is 1. The van der Waals surface area contributed by atoms with Gasteiger partial charge in [-0.15, -0.1) is 0 Å². The van der Waals surface area contributed by atoms with Gasteiger partial charge in [0.1, 0.15) is 5.75 Å². The van der Waals surface area contributed by atoms with E-state index in [1.54, 1.807) is 0 Å². The highest BCUT2D eigenvalue weighted by molar-refractivity contribution is 6.07. The molecule has 2 fully saturated rings. The largest absolute Gasteiger partial charge is 0.472 e. The highest BCUT2D eigenvalue weighted by Gasteiger charge is 2.52. The van der Waals surface area contributed by atoms with Gasteiger partial charge in [0.15, 0.2) is 5.72 Å². The van der Waals surface area contributed by atoms with Crippen LogP contribution in [0.15, 0.2) is 42.5 Å². The van der Waals surface area contributed by atoms with Gasteiger partial charge in [0.05, 0.1) is 12.2 Å². The molecule has 1 N–H and O–H groups in total. The Labute approximate surface area is 195 Å². The molecule has 172 valence electrons. The van der Waals surface area contributed by atoms with Crippen LogP contribution < -0.4 is 4.74 Å². The zero-order valence-electron chi connectivity index (χ0n) is 19.4. The molecular formula is C28H32N2O3. The highest BCUT2D eigenvalue weighted by Crippen LogP contribution is 2.50. The molecule has 0 aliphatic carbocycles. The summed E-state index contributed by atoms with van der Waals surface area (Å²) in [4.78, 5) is 19.3. The van der Waals surface area contributed by atoms with E-state index in [2.05, 4.69) is 34.1 Å². The molecule has 1 spiro atoms. The fourth-order valence-corrected chi connectivity index (χ4v) is 6.45. The number of H-pyrrole nitrogens is 1. The lowest BCUT2D eigenvalue weighted by molar-refractivity contribution is -0.177. The predicted molar refractivity (Wildman–Crippen MR) is 129 cm³/mol. The molecule has 33 heavy (non-hydrogen) atoms. The van der Waals surface area contributed by atoms with E-state index in [1.807, 2.05) is 25.1 Å². The summed E-state index contributed by atoms with van der Waals surface area (Å²) in [6, 6.07) is 14.3. The first-order valence-corrected chi connectivity index (χ1v) is 12.4. The number of fused-ring (bicyclic) bond motifs is 3. The SMILES string of the molecule is Cc1[nH]c2ccc3c(c2c1C(=O)OCCc1ccccc1)CC1CCCN2CCCCC12O3. The number of nitrogens with zero attached hydrogens (tertiary/aromatic N) is 1. The molecule has 3 aromatic rings. The molecule has 0 saturated carbocycles. The standard InChI is InChI=1S/C28H32N2O3/c1-19-25(27(31)32-17-13-20-8-3-2-4-9-20)26-22-18-21-10-7-16-30-15-6-5-14-28(21,30)33-24(22)12-11-23(26)29-19/h2-4,8-9,11-12,21,29H,5-7,10,13-18H2,1H3. The number of aromatic nitrogens is 1. The molecule has 2 aromatic carbocycles. The Hall–Kier alpha value is -2.79. The van der Waals surface area contributed by atoms with Gasteiger partial charge in [0, 0.05) is 54.0 Å². The zero-order valence-corrected chi connectivity index (χ0v) is 19.4. The van der Waals surface area contributed by atoms with Gasteiger partial charge in [-0.05, 0) is 56.7 Å². The van der Waals surface area contributed by atoms with Crippen molar-refractivity contribution < 1.29 is 14.3 Å². The van der Waals surface area contributed by atoms with Gasteiger partial charge in [-0.3, -0.25) is 4.90 Å². The molecule has 0 amide bonds. The average molecular weight is 445 g/mol. The molecule has 4 heterocycles. The fourth-order valence-electron chi connectivity index (χ4n) is 6.45. The number of rotatable bonds is 4. The number of piperidine rings is 2. The monoisotopic (exact) mass is 444 g/mol. The minimum Gasteiger partial charge on any atom is -0.472 e. The smallest absolute Gasteiger partial charge is 0.340 e. The third-order valence-electron chi connectivity index (χ3n) is 7.99. The number of hydrogen-bond donors (Lipinski definition) is 1. The summed E-state index contributed by atoms with van der Waals surface area (Å²) in [5, 5.41) is 0.998. The van der Waals surface area contributed by atoms with E-state index >= 15 is 0 Å². The first-order valence-electron chi connectivity index (χ1n) is 12.4. The van der Waals surface area contributed by atoms with Crippen molar-refractivity contribution >= 4 is 16.9 Å². The number of esters is 1. The van der Waals surface area contributed by atoms with Crippen LogP contribution in [0.25, 0.3) is 10.9 Å². The first-order chi connectivity index (χ1) is 16.2. The summed E-state index contributed by atoms with van der Waals surface area (Å²) in [5.74, 6) is 1.18. The van der Waals surface area contributed by atoms with Crippen molar-refractivity contribution in [3.63, 3.8) is 0 Å². The minimum atomic E-state index is -0.244. The van der Waals surface area contributed by atoms with Crippen LogP contribution in [0.3, 0.4) is 0 Å². The lowest BCUT2D eigenvalue weighted by Crippen LogP contribution is -2.64. The van der Waals surface area contributed by atoms with E-state index in [0.717, 1.165) is 54.7 Å². The van der Waals surface area contributed by atoms with Crippen LogP contribution in [0, 0.1) is 12.8 Å². The summed E-state index contributed by atoms with van der Waals surface area (Å²) < 4.78 is 12.6. The summed E-state index contributed by atoms with van der Waals surface area (Å²) >= 11 is 0. The van der Waals surface area contributed by atoms with Crippen LogP contribution in [0.5, 0.6) is 5.75 Å². The molecule has 3 aliphatic heterocycles. The molecule has 0 bridgehead atoms. The van der Waals surface area contributed by atoms with Gasteiger partial charge < -0.3 is 14.5 Å². The average Bonchev–Trinajstić information content (AvgIpc) is 3.18. The highest BCUT2D eigenvalue weighted by atomic mass is 16.5. The van der Waals surface area contributed by atoms with Crippen molar-refractivity contribution in [1.82, 2.24) is 9.88 Å². The predicted octanol–water partition coefficient (Wildman–Crippen LogP) is 5.40. The molecule has 5 nitrogen and oxygen atoms in total. The van der Waals surface area contributed by atoms with Crippen molar-refractivity contribution in [1.29, 1.82) is 0 Å². The number of carbonyl (C=O) groups excluding carboxylic acids is 1. The first kappa shape index (κ1) is 20.8. The van der Waals surface area contributed by atoms with Crippen molar-refractivity contribution in [2.45, 2.75) is 57.6 Å². The molecular weight excluding hydrogens is 412 g/mol. The third kappa shape index (κ3) is 3.45. The van der Waals surface area contributed by atoms with E-state index in [9.17, 15) is 4.79 Å². The summed E-state index contributed by atoms with van der Waals surface area (Å²) in [6.07, 6.45) is 7.69. The van der Waals surface area contributed by atoms with Gasteiger partial charge in [-0.25, -0.2) is 4.79 Å². The van der Waals surface area contributed by atoms with Gasteiger partial charge >= 0.3 is 5.97 Å². The second-order valence-electron chi connectivity index (χ2n) is 9.90. The van der Waals surface area contributed by atoms with Gasteiger partial charge in [0.25, 0.3) is 0 Å². The van der Waals surface area contributed by atoms with E-state index < -0.39 is 0 Å². The summed E-state index contributed by atoms with van der Waals surface area (Å²) in [6.45, 7) is 4.61. The van der Waals surface area contributed by atoms with Crippen LogP contribution in [-0.4, -0.2) is 41.3 Å². The normalized spacial score (nSPS) is 24.5. The van der Waals surface area contributed by atoms with Gasteiger partial charge in [0.2, 0.25) is 0 Å². The van der Waals surface area contributed by atoms with Crippen LogP contribution in [0.1, 0.15) is 59.3 Å². The lowest BCUT2D eigenvalue weighted by atomic mass is 9.74. The number of benzene rings is 2. The van der Waals surface area contributed by atoms with E-state index in [4.69, 9.17) is 9.47 Å². The van der Waals surface area contributed by atoms with Crippen molar-refractivity contribution in [2.75, 3.05) is 19.7 Å². The molecule has 6 rings (SSSR count). The molecule has 1 aromatic heterocycles. The topological polar surface area (TPSA) is 54.6 Å². The maximum atomic E-state index is 13.2. The van der Waals surface area contributed by atoms with E-state index in [-0.39, 0.29) is 11.7 Å². The molecule has 5 heteroatoms. The van der Waals surface area contributed by atoms with Crippen LogP contribution >= 0.6 is 0 Å². The van der Waals surface area contributed by atoms with Gasteiger partial charge in [-0.2, -0.15) is 0 Å². The molecule has 0 radical (unpaired) electrons. The number of aryl methyl sites for hydroxylation is 1. The quantitative estimate of drug-likeness (QED) is 0.547. The maximum Gasteiger partial charge on any atom is 0.340 e. The Morgan fingerprint density at radius 3 is 2.88 bits per heavy atom. The third-order valence-corrected chi connectivity index (χ3v) is 7.99. The van der Waals surface area contributed by atoms with Crippen LogP contribution in [0.2, 0.25) is 0 Å². The van der Waals surface area contributed by atoms with E-state index in [1.165, 1.54) is 36.8 Å². The Kier molecular flexibility index (Phi) is 5.17. The fraction of sp³-hybridized carbons (Fsp3) is 0.464. The number of carbonyl (C=O) groups is 1. The molecule has 2 unspecified atom stereocenters. The summed E-state index contributed by atoms with van der Waals surface area (Å²) in [5.41, 5.74) is 4.73. The second-order valence-corrected chi connectivity index (χ2v) is 9.90. The van der Waals surface area contributed by atoms with E-state index in [0.29, 0.717) is 18.1 Å². The van der Waals surface area contributed by atoms with Crippen LogP contribution in [0.4, 0.5) is 0 Å². The number of hydrogen-bond acceptors (Lipinski definition) is 4. The van der Waals surface area contributed by atoms with Crippen molar-refractivity contribution in [2.24, 2.45) is 5.92 Å². The number of aromatic amines is 1. The van der Waals surface area contributed by atoms with Crippen LogP contribution in [-0.2, 0) is 17.6 Å². The Balaban J connectivity index is 1.32. The molecule has 2 saturated heterocycles.